The third kappa shape index (κ3) is 4.16. The summed E-state index contributed by atoms with van der Waals surface area (Å²) < 4.78 is 5.47. The highest BCUT2D eigenvalue weighted by Gasteiger charge is 1.98. The second kappa shape index (κ2) is 6.80. The monoisotopic (exact) mass is 267 g/mol. The standard InChI is InChI=1S/C18H21NO/c1-4-9-20-18-7-5-16(6-8-18)13-19-17-11-14(2)10-15(3)12-17/h4-8,10-12,19H,1,9,13H2,2-3H3. The van der Waals surface area contributed by atoms with Crippen LogP contribution in [0.2, 0.25) is 0 Å². The van der Waals surface area contributed by atoms with Crippen LogP contribution in [0.5, 0.6) is 5.75 Å². The van der Waals surface area contributed by atoms with Crippen molar-refractivity contribution >= 4 is 5.69 Å². The van der Waals surface area contributed by atoms with Gasteiger partial charge in [-0.3, -0.25) is 0 Å². The van der Waals surface area contributed by atoms with Gasteiger partial charge in [-0.15, -0.1) is 0 Å². The van der Waals surface area contributed by atoms with E-state index in [1.165, 1.54) is 16.7 Å². The first-order valence-electron chi connectivity index (χ1n) is 6.82. The molecule has 0 heterocycles. The van der Waals surface area contributed by atoms with E-state index in [0.29, 0.717) is 6.61 Å². The largest absolute Gasteiger partial charge is 0.490 e. The summed E-state index contributed by atoms with van der Waals surface area (Å²) in [7, 11) is 0. The first-order valence-corrected chi connectivity index (χ1v) is 6.82. The molecule has 0 amide bonds. The summed E-state index contributed by atoms with van der Waals surface area (Å²) in [6.07, 6.45) is 1.75. The van der Waals surface area contributed by atoms with Crippen LogP contribution in [0.1, 0.15) is 16.7 Å². The molecule has 0 unspecified atom stereocenters. The van der Waals surface area contributed by atoms with E-state index in [9.17, 15) is 0 Å². The lowest BCUT2D eigenvalue weighted by Gasteiger charge is -2.09. The number of aryl methyl sites for hydroxylation is 2. The van der Waals surface area contributed by atoms with E-state index >= 15 is 0 Å². The molecule has 0 aliphatic rings. The number of rotatable bonds is 6. The molecule has 0 saturated carbocycles. The van der Waals surface area contributed by atoms with E-state index in [-0.39, 0.29) is 0 Å². The van der Waals surface area contributed by atoms with Crippen molar-refractivity contribution in [3.05, 3.63) is 71.8 Å². The molecule has 0 aromatic heterocycles. The first kappa shape index (κ1) is 14.2. The van der Waals surface area contributed by atoms with E-state index in [0.717, 1.165) is 18.0 Å². The van der Waals surface area contributed by atoms with Crippen LogP contribution in [0.3, 0.4) is 0 Å². The molecule has 0 atom stereocenters. The Morgan fingerprint density at radius 2 is 1.70 bits per heavy atom. The summed E-state index contributed by atoms with van der Waals surface area (Å²) in [5, 5.41) is 3.45. The van der Waals surface area contributed by atoms with Crippen LogP contribution < -0.4 is 10.1 Å². The molecule has 0 saturated heterocycles. The summed E-state index contributed by atoms with van der Waals surface area (Å²) in [6.45, 7) is 9.22. The smallest absolute Gasteiger partial charge is 0.119 e. The minimum absolute atomic E-state index is 0.542. The van der Waals surface area contributed by atoms with E-state index in [4.69, 9.17) is 4.74 Å². The molecule has 2 aromatic carbocycles. The maximum Gasteiger partial charge on any atom is 0.119 e. The van der Waals surface area contributed by atoms with Gasteiger partial charge in [0, 0.05) is 12.2 Å². The second-order valence-electron chi connectivity index (χ2n) is 4.97. The van der Waals surface area contributed by atoms with Crippen molar-refractivity contribution in [2.24, 2.45) is 0 Å². The molecule has 2 heteroatoms. The number of ether oxygens (including phenoxy) is 1. The van der Waals surface area contributed by atoms with Gasteiger partial charge in [-0.05, 0) is 54.8 Å². The quantitative estimate of drug-likeness (QED) is 0.779. The average molecular weight is 267 g/mol. The number of anilines is 1. The Morgan fingerprint density at radius 3 is 2.30 bits per heavy atom. The Hall–Kier alpha value is -2.22. The normalized spacial score (nSPS) is 10.1. The van der Waals surface area contributed by atoms with Gasteiger partial charge in [0.1, 0.15) is 12.4 Å². The third-order valence-electron chi connectivity index (χ3n) is 3.01. The number of nitrogens with one attached hydrogen (secondary N) is 1. The van der Waals surface area contributed by atoms with E-state index in [1.807, 2.05) is 12.1 Å². The summed E-state index contributed by atoms with van der Waals surface area (Å²) in [5.41, 5.74) is 4.95. The van der Waals surface area contributed by atoms with Crippen molar-refractivity contribution in [3.8, 4) is 5.75 Å². The third-order valence-corrected chi connectivity index (χ3v) is 3.01. The highest BCUT2D eigenvalue weighted by molar-refractivity contribution is 5.48. The topological polar surface area (TPSA) is 21.3 Å². The van der Waals surface area contributed by atoms with Crippen LogP contribution in [0.15, 0.2) is 55.1 Å². The van der Waals surface area contributed by atoms with Crippen LogP contribution in [0.4, 0.5) is 5.69 Å². The van der Waals surface area contributed by atoms with Crippen LogP contribution >= 0.6 is 0 Å². The Kier molecular flexibility index (Phi) is 4.83. The molecule has 0 radical (unpaired) electrons. The average Bonchev–Trinajstić information content (AvgIpc) is 2.43. The van der Waals surface area contributed by atoms with Crippen molar-refractivity contribution in [1.29, 1.82) is 0 Å². The predicted octanol–water partition coefficient (Wildman–Crippen LogP) is 4.48. The molecule has 104 valence electrons. The fourth-order valence-electron chi connectivity index (χ4n) is 2.14. The number of benzene rings is 2. The Bertz CT molecular complexity index is 552. The van der Waals surface area contributed by atoms with Gasteiger partial charge in [0.2, 0.25) is 0 Å². The zero-order valence-electron chi connectivity index (χ0n) is 12.1. The van der Waals surface area contributed by atoms with E-state index < -0.39 is 0 Å². The summed E-state index contributed by atoms with van der Waals surface area (Å²) in [5.74, 6) is 0.875. The molecule has 20 heavy (non-hydrogen) atoms. The molecule has 2 nitrogen and oxygen atoms in total. The van der Waals surface area contributed by atoms with Gasteiger partial charge >= 0.3 is 0 Å². The van der Waals surface area contributed by atoms with Crippen molar-refractivity contribution in [1.82, 2.24) is 0 Å². The highest BCUT2D eigenvalue weighted by atomic mass is 16.5. The van der Waals surface area contributed by atoms with Crippen LogP contribution in [0.25, 0.3) is 0 Å². The van der Waals surface area contributed by atoms with Crippen LogP contribution in [0, 0.1) is 13.8 Å². The van der Waals surface area contributed by atoms with Crippen molar-refractivity contribution < 1.29 is 4.74 Å². The lowest BCUT2D eigenvalue weighted by atomic mass is 10.1. The lowest BCUT2D eigenvalue weighted by molar-refractivity contribution is 0.363. The fraction of sp³-hybridized carbons (Fsp3) is 0.222. The Balaban J connectivity index is 1.94. The highest BCUT2D eigenvalue weighted by Crippen LogP contribution is 2.16. The Morgan fingerprint density at radius 1 is 1.05 bits per heavy atom. The number of hydrogen-bond donors (Lipinski definition) is 1. The molecule has 2 aromatic rings. The van der Waals surface area contributed by atoms with Gasteiger partial charge in [-0.1, -0.05) is 30.9 Å². The molecule has 0 aliphatic carbocycles. The van der Waals surface area contributed by atoms with Crippen LogP contribution in [-0.4, -0.2) is 6.61 Å². The van der Waals surface area contributed by atoms with Gasteiger partial charge in [0.25, 0.3) is 0 Å². The first-order chi connectivity index (χ1) is 9.67. The molecule has 0 fully saturated rings. The van der Waals surface area contributed by atoms with Crippen molar-refractivity contribution in [2.75, 3.05) is 11.9 Å². The van der Waals surface area contributed by atoms with Gasteiger partial charge in [0.05, 0.1) is 0 Å². The molecular formula is C18H21NO. The molecule has 0 bridgehead atoms. The van der Waals surface area contributed by atoms with Gasteiger partial charge in [-0.2, -0.15) is 0 Å². The lowest BCUT2D eigenvalue weighted by Crippen LogP contribution is -2.00. The molecule has 1 N–H and O–H groups in total. The fourth-order valence-corrected chi connectivity index (χ4v) is 2.14. The minimum atomic E-state index is 0.542. The zero-order valence-corrected chi connectivity index (χ0v) is 12.1. The molecule has 2 rings (SSSR count). The second-order valence-corrected chi connectivity index (χ2v) is 4.97. The van der Waals surface area contributed by atoms with E-state index in [1.54, 1.807) is 6.08 Å². The predicted molar refractivity (Wildman–Crippen MR) is 85.4 cm³/mol. The van der Waals surface area contributed by atoms with Gasteiger partial charge in [0.15, 0.2) is 0 Å². The van der Waals surface area contributed by atoms with E-state index in [2.05, 4.69) is 56.1 Å². The van der Waals surface area contributed by atoms with Crippen LogP contribution in [-0.2, 0) is 6.54 Å². The van der Waals surface area contributed by atoms with Gasteiger partial charge in [-0.25, -0.2) is 0 Å². The molecular weight excluding hydrogens is 246 g/mol. The van der Waals surface area contributed by atoms with Gasteiger partial charge < -0.3 is 10.1 Å². The summed E-state index contributed by atoms with van der Waals surface area (Å²) in [4.78, 5) is 0. The van der Waals surface area contributed by atoms with Crippen molar-refractivity contribution in [3.63, 3.8) is 0 Å². The summed E-state index contributed by atoms with van der Waals surface area (Å²) in [6, 6.07) is 14.6. The minimum Gasteiger partial charge on any atom is -0.490 e. The summed E-state index contributed by atoms with van der Waals surface area (Å²) >= 11 is 0. The molecule has 0 spiro atoms. The zero-order chi connectivity index (χ0) is 14.4. The SMILES string of the molecule is C=CCOc1ccc(CNc2cc(C)cc(C)c2)cc1. The molecule has 0 aliphatic heterocycles. The van der Waals surface area contributed by atoms with Crippen molar-refractivity contribution in [2.45, 2.75) is 20.4 Å². The Labute approximate surface area is 121 Å². The number of hydrogen-bond acceptors (Lipinski definition) is 2. The maximum atomic E-state index is 5.47. The maximum absolute atomic E-state index is 5.47.